The predicted molar refractivity (Wildman–Crippen MR) is 102 cm³/mol. The van der Waals surface area contributed by atoms with Gasteiger partial charge in [0.25, 0.3) is 5.91 Å². The first kappa shape index (κ1) is 19.8. The molecular weight excluding hydrogens is 352 g/mol. The fourth-order valence-corrected chi connectivity index (χ4v) is 3.01. The van der Waals surface area contributed by atoms with Crippen molar-refractivity contribution in [3.63, 3.8) is 0 Å². The van der Waals surface area contributed by atoms with Crippen LogP contribution in [0, 0.1) is 0 Å². The zero-order valence-electron chi connectivity index (χ0n) is 15.2. The van der Waals surface area contributed by atoms with Crippen LogP contribution in [-0.4, -0.2) is 31.6 Å². The first-order valence-electron chi connectivity index (χ1n) is 8.55. The zero-order chi connectivity index (χ0) is 18.9. The lowest BCUT2D eigenvalue weighted by atomic mass is 10.1. The molecule has 1 aromatic heterocycles. The maximum atomic E-state index is 12.1. The van der Waals surface area contributed by atoms with Crippen molar-refractivity contribution >= 4 is 23.2 Å². The Morgan fingerprint density at radius 1 is 1.12 bits per heavy atom. The van der Waals surface area contributed by atoms with Gasteiger partial charge in [0.15, 0.2) is 11.5 Å². The first-order valence-corrected chi connectivity index (χ1v) is 9.43. The number of hydrogen-bond donors (Lipinski definition) is 2. The van der Waals surface area contributed by atoms with Crippen molar-refractivity contribution in [2.24, 2.45) is 0 Å². The Kier molecular flexibility index (Phi) is 7.47. The molecule has 26 heavy (non-hydrogen) atoms. The summed E-state index contributed by atoms with van der Waals surface area (Å²) in [4.78, 5) is 24.6. The van der Waals surface area contributed by atoms with Crippen molar-refractivity contribution in [1.29, 1.82) is 0 Å². The lowest BCUT2D eigenvalue weighted by Gasteiger charge is -2.17. The maximum absolute atomic E-state index is 12.1. The summed E-state index contributed by atoms with van der Waals surface area (Å²) in [6, 6.07) is 8.88. The zero-order valence-corrected chi connectivity index (χ0v) is 16.0. The third-order valence-electron chi connectivity index (χ3n) is 3.60. The lowest BCUT2D eigenvalue weighted by molar-refractivity contribution is -0.120. The Balaban J connectivity index is 1.93. The number of nitrogens with one attached hydrogen (secondary N) is 2. The maximum Gasteiger partial charge on any atom is 0.261 e. The van der Waals surface area contributed by atoms with Gasteiger partial charge in [0.2, 0.25) is 5.91 Å². The molecule has 6 nitrogen and oxygen atoms in total. The van der Waals surface area contributed by atoms with E-state index in [1.807, 2.05) is 44.4 Å². The molecule has 0 spiro atoms. The van der Waals surface area contributed by atoms with Crippen LogP contribution in [0.2, 0.25) is 0 Å². The van der Waals surface area contributed by atoms with E-state index in [4.69, 9.17) is 9.47 Å². The molecule has 0 aliphatic carbocycles. The summed E-state index contributed by atoms with van der Waals surface area (Å²) < 4.78 is 11.2. The van der Waals surface area contributed by atoms with E-state index in [0.717, 1.165) is 5.56 Å². The molecule has 0 saturated heterocycles. The second-order valence-corrected chi connectivity index (χ2v) is 6.47. The summed E-state index contributed by atoms with van der Waals surface area (Å²) in [6.45, 7) is 6.70. The monoisotopic (exact) mass is 376 g/mol. The predicted octanol–water partition coefficient (Wildman–Crippen LogP) is 3.15. The van der Waals surface area contributed by atoms with Crippen LogP contribution in [0.5, 0.6) is 11.5 Å². The van der Waals surface area contributed by atoms with Crippen molar-refractivity contribution in [3.05, 3.63) is 46.2 Å². The molecule has 0 aliphatic heterocycles. The number of amides is 2. The molecule has 0 fully saturated rings. The highest BCUT2D eigenvalue weighted by molar-refractivity contribution is 7.12. The summed E-state index contributed by atoms with van der Waals surface area (Å²) in [5.41, 5.74) is 0.898. The van der Waals surface area contributed by atoms with E-state index in [9.17, 15) is 9.59 Å². The molecule has 0 aliphatic rings. The van der Waals surface area contributed by atoms with Crippen LogP contribution >= 0.6 is 11.3 Å². The van der Waals surface area contributed by atoms with Crippen LogP contribution < -0.4 is 20.1 Å². The van der Waals surface area contributed by atoms with Crippen LogP contribution in [0.1, 0.15) is 42.0 Å². The van der Waals surface area contributed by atoms with E-state index in [1.54, 1.807) is 12.1 Å². The standard InChI is InChI=1S/C19H24N2O4S/c1-4-24-15-9-8-14(11-16(15)25-5-2)13(3)21-18(22)12-20-19(23)17-7-6-10-26-17/h6-11,13H,4-5,12H2,1-3H3,(H,20,23)(H,21,22)/t13-/m1/s1. The Morgan fingerprint density at radius 3 is 2.50 bits per heavy atom. The highest BCUT2D eigenvalue weighted by Crippen LogP contribution is 2.30. The number of thiophene rings is 1. The van der Waals surface area contributed by atoms with Gasteiger partial charge in [-0.2, -0.15) is 0 Å². The molecule has 0 radical (unpaired) electrons. The minimum absolute atomic E-state index is 0.0730. The number of benzene rings is 1. The lowest BCUT2D eigenvalue weighted by Crippen LogP contribution is -2.37. The summed E-state index contributed by atoms with van der Waals surface area (Å²) in [5.74, 6) is 0.829. The molecule has 1 aromatic carbocycles. The molecule has 140 valence electrons. The van der Waals surface area contributed by atoms with Crippen LogP contribution in [0.3, 0.4) is 0 Å². The first-order chi connectivity index (χ1) is 12.5. The number of rotatable bonds is 9. The van der Waals surface area contributed by atoms with Crippen LogP contribution in [0.15, 0.2) is 35.7 Å². The molecular formula is C19H24N2O4S. The van der Waals surface area contributed by atoms with Crippen molar-refractivity contribution in [1.82, 2.24) is 10.6 Å². The fraction of sp³-hybridized carbons (Fsp3) is 0.368. The van der Waals surface area contributed by atoms with Crippen molar-refractivity contribution < 1.29 is 19.1 Å². The molecule has 2 amide bonds. The van der Waals surface area contributed by atoms with Crippen LogP contribution in [-0.2, 0) is 4.79 Å². The average molecular weight is 376 g/mol. The van der Waals surface area contributed by atoms with Gasteiger partial charge in [0.05, 0.1) is 30.7 Å². The SMILES string of the molecule is CCOc1ccc([C@@H](C)NC(=O)CNC(=O)c2cccs2)cc1OCC. The van der Waals surface area contributed by atoms with Crippen molar-refractivity contribution in [2.75, 3.05) is 19.8 Å². The van der Waals surface area contributed by atoms with Gasteiger partial charge in [-0.3, -0.25) is 9.59 Å². The largest absolute Gasteiger partial charge is 0.490 e. The van der Waals surface area contributed by atoms with Gasteiger partial charge in [-0.1, -0.05) is 12.1 Å². The minimum atomic E-state index is -0.255. The Morgan fingerprint density at radius 2 is 1.85 bits per heavy atom. The fourth-order valence-electron chi connectivity index (χ4n) is 2.37. The van der Waals surface area contributed by atoms with Gasteiger partial charge in [-0.05, 0) is 49.9 Å². The molecule has 2 N–H and O–H groups in total. The van der Waals surface area contributed by atoms with E-state index in [1.165, 1.54) is 11.3 Å². The van der Waals surface area contributed by atoms with Gasteiger partial charge in [0, 0.05) is 0 Å². The summed E-state index contributed by atoms with van der Waals surface area (Å²) >= 11 is 1.34. The second kappa shape index (κ2) is 9.82. The molecule has 1 atom stereocenters. The number of hydrogen-bond acceptors (Lipinski definition) is 5. The molecule has 0 saturated carbocycles. The second-order valence-electron chi connectivity index (χ2n) is 5.52. The summed E-state index contributed by atoms with van der Waals surface area (Å²) in [6.07, 6.45) is 0. The minimum Gasteiger partial charge on any atom is -0.490 e. The van der Waals surface area contributed by atoms with E-state index in [0.29, 0.717) is 29.6 Å². The Labute approximate surface area is 157 Å². The summed E-state index contributed by atoms with van der Waals surface area (Å²) in [5, 5.41) is 7.30. The van der Waals surface area contributed by atoms with Gasteiger partial charge in [0.1, 0.15) is 0 Å². The quantitative estimate of drug-likeness (QED) is 0.705. The molecule has 1 heterocycles. The van der Waals surface area contributed by atoms with Crippen molar-refractivity contribution in [3.8, 4) is 11.5 Å². The molecule has 0 unspecified atom stereocenters. The smallest absolute Gasteiger partial charge is 0.261 e. The molecule has 2 rings (SSSR count). The topological polar surface area (TPSA) is 76.7 Å². The van der Waals surface area contributed by atoms with Gasteiger partial charge < -0.3 is 20.1 Å². The van der Waals surface area contributed by atoms with Gasteiger partial charge in [-0.15, -0.1) is 11.3 Å². The molecule has 7 heteroatoms. The van der Waals surface area contributed by atoms with Crippen molar-refractivity contribution in [2.45, 2.75) is 26.8 Å². The third kappa shape index (κ3) is 5.49. The Hall–Kier alpha value is -2.54. The van der Waals surface area contributed by atoms with Gasteiger partial charge in [-0.25, -0.2) is 0 Å². The van der Waals surface area contributed by atoms with E-state index >= 15 is 0 Å². The Bertz CT molecular complexity index is 731. The van der Waals surface area contributed by atoms with Gasteiger partial charge >= 0.3 is 0 Å². The third-order valence-corrected chi connectivity index (χ3v) is 4.47. The van der Waals surface area contributed by atoms with Crippen LogP contribution in [0.25, 0.3) is 0 Å². The number of carbonyl (C=O) groups excluding carboxylic acids is 2. The van der Waals surface area contributed by atoms with Crippen LogP contribution in [0.4, 0.5) is 0 Å². The summed E-state index contributed by atoms with van der Waals surface area (Å²) in [7, 11) is 0. The average Bonchev–Trinajstić information content (AvgIpc) is 3.16. The molecule has 2 aromatic rings. The normalized spacial score (nSPS) is 11.5. The number of ether oxygens (including phenoxy) is 2. The molecule has 0 bridgehead atoms. The van der Waals surface area contributed by atoms with E-state index in [2.05, 4.69) is 10.6 Å². The highest BCUT2D eigenvalue weighted by Gasteiger charge is 2.14. The highest BCUT2D eigenvalue weighted by atomic mass is 32.1. The van der Waals surface area contributed by atoms with E-state index < -0.39 is 0 Å². The van der Waals surface area contributed by atoms with E-state index in [-0.39, 0.29) is 24.4 Å². The number of carbonyl (C=O) groups is 2.